The summed E-state index contributed by atoms with van der Waals surface area (Å²) < 4.78 is 49.9. The Balaban J connectivity index is 2.74. The summed E-state index contributed by atoms with van der Waals surface area (Å²) in [6, 6.07) is 1.79. The summed E-state index contributed by atoms with van der Waals surface area (Å²) in [6.45, 7) is 1.98. The molecule has 0 unspecified atom stereocenters. The zero-order valence-corrected chi connectivity index (χ0v) is 10.6. The first kappa shape index (κ1) is 15.7. The van der Waals surface area contributed by atoms with Crippen LogP contribution in [-0.4, -0.2) is 23.8 Å². The maximum Gasteiger partial charge on any atom is 0.383 e. The topological polar surface area (TPSA) is 52.9 Å². The van der Waals surface area contributed by atoms with E-state index < -0.39 is 23.8 Å². The predicted molar refractivity (Wildman–Crippen MR) is 59.7 cm³/mol. The Kier molecular flexibility index (Phi) is 4.77. The molecule has 0 radical (unpaired) electrons. The number of amides is 1. The highest BCUT2D eigenvalue weighted by molar-refractivity contribution is 5.85. The predicted octanol–water partition coefficient (Wildman–Crippen LogP) is 2.87. The molecule has 1 aliphatic rings. The van der Waals surface area contributed by atoms with E-state index in [1.807, 2.05) is 12.2 Å². The average molecular weight is 280 g/mol. The van der Waals surface area contributed by atoms with Gasteiger partial charge in [-0.2, -0.15) is 14.0 Å². The van der Waals surface area contributed by atoms with E-state index >= 15 is 0 Å². The van der Waals surface area contributed by atoms with Crippen molar-refractivity contribution < 1.29 is 22.4 Å². The van der Waals surface area contributed by atoms with Crippen molar-refractivity contribution in [1.82, 2.24) is 5.32 Å². The second kappa shape index (κ2) is 5.76. The molecule has 0 bridgehead atoms. The van der Waals surface area contributed by atoms with Gasteiger partial charge in [0.15, 0.2) is 0 Å². The highest BCUT2D eigenvalue weighted by Crippen LogP contribution is 2.34. The monoisotopic (exact) mass is 280 g/mol. The number of nitriles is 1. The Hall–Kier alpha value is -1.32. The number of nitrogens with one attached hydrogen (secondary N) is 1. The van der Waals surface area contributed by atoms with Gasteiger partial charge < -0.3 is 5.32 Å². The molecule has 1 rings (SSSR count). The molecule has 0 aromatic carbocycles. The second-order valence-corrected chi connectivity index (χ2v) is 4.92. The zero-order chi connectivity index (χ0) is 14.7. The van der Waals surface area contributed by atoms with Gasteiger partial charge in [0.25, 0.3) is 5.91 Å². The normalized spacial score (nSPS) is 27.9. The van der Waals surface area contributed by atoms with Crippen LogP contribution < -0.4 is 5.32 Å². The lowest BCUT2D eigenvalue weighted by atomic mass is 9.76. The summed E-state index contributed by atoms with van der Waals surface area (Å²) in [5.74, 6) is -6.45. The van der Waals surface area contributed by atoms with Crippen molar-refractivity contribution in [2.75, 3.05) is 0 Å². The highest BCUT2D eigenvalue weighted by Gasteiger charge is 2.51. The van der Waals surface area contributed by atoms with E-state index in [0.717, 1.165) is 6.42 Å². The zero-order valence-electron chi connectivity index (χ0n) is 10.6. The number of rotatable bonds is 4. The molecule has 1 amide bonds. The van der Waals surface area contributed by atoms with E-state index in [2.05, 4.69) is 0 Å². The molecule has 108 valence electrons. The fourth-order valence-corrected chi connectivity index (χ4v) is 2.24. The number of halogens is 4. The Morgan fingerprint density at radius 2 is 2.00 bits per heavy atom. The van der Waals surface area contributed by atoms with E-state index in [0.29, 0.717) is 18.8 Å². The molecule has 1 aliphatic carbocycles. The third-order valence-corrected chi connectivity index (χ3v) is 3.68. The van der Waals surface area contributed by atoms with Crippen LogP contribution in [0.25, 0.3) is 0 Å². The van der Waals surface area contributed by atoms with Crippen LogP contribution in [0.1, 0.15) is 39.0 Å². The molecule has 3 nitrogen and oxygen atoms in total. The van der Waals surface area contributed by atoms with Crippen molar-refractivity contribution in [2.45, 2.75) is 56.9 Å². The molecule has 19 heavy (non-hydrogen) atoms. The van der Waals surface area contributed by atoms with Crippen molar-refractivity contribution in [3.63, 3.8) is 0 Å². The Bertz CT molecular complexity index is 370. The summed E-state index contributed by atoms with van der Waals surface area (Å²) in [6.07, 6.45) is -1.51. The van der Waals surface area contributed by atoms with Crippen molar-refractivity contribution >= 4 is 5.91 Å². The smallest absolute Gasteiger partial charge is 0.332 e. The van der Waals surface area contributed by atoms with Gasteiger partial charge in [-0.05, 0) is 31.6 Å². The number of carbonyl (C=O) groups excluding carboxylic acids is 1. The molecule has 0 heterocycles. The summed E-state index contributed by atoms with van der Waals surface area (Å²) in [5, 5.41) is 10.9. The molecule has 0 aromatic rings. The minimum Gasteiger partial charge on any atom is -0.332 e. The molecule has 0 atom stereocenters. The maximum absolute atomic E-state index is 12.9. The van der Waals surface area contributed by atoms with Gasteiger partial charge in [0.05, 0.1) is 6.07 Å². The summed E-state index contributed by atoms with van der Waals surface area (Å²) in [4.78, 5) is 11.2. The van der Waals surface area contributed by atoms with Gasteiger partial charge in [-0.3, -0.25) is 4.79 Å². The maximum atomic E-state index is 12.9. The van der Waals surface area contributed by atoms with Crippen LogP contribution in [0.5, 0.6) is 0 Å². The van der Waals surface area contributed by atoms with Gasteiger partial charge in [0.1, 0.15) is 5.54 Å². The number of nitrogens with zero attached hydrogens (tertiary/aromatic N) is 1. The van der Waals surface area contributed by atoms with Gasteiger partial charge in [-0.25, -0.2) is 8.78 Å². The first-order chi connectivity index (χ1) is 8.77. The molecule has 0 aliphatic heterocycles. The number of hydrogen-bond acceptors (Lipinski definition) is 2. The fourth-order valence-electron chi connectivity index (χ4n) is 2.24. The number of carbonyl (C=O) groups is 1. The first-order valence-electron chi connectivity index (χ1n) is 6.17. The Morgan fingerprint density at radius 3 is 2.37 bits per heavy atom. The van der Waals surface area contributed by atoms with Crippen LogP contribution in [0.3, 0.4) is 0 Å². The first-order valence-corrected chi connectivity index (χ1v) is 6.17. The SMILES string of the molecule is CCC1CCC(C#N)(NC(=O)C(F)(F)C(F)F)CC1. The van der Waals surface area contributed by atoms with Crippen LogP contribution in [-0.2, 0) is 4.79 Å². The van der Waals surface area contributed by atoms with Gasteiger partial charge in [0.2, 0.25) is 0 Å². The summed E-state index contributed by atoms with van der Waals surface area (Å²) in [7, 11) is 0. The lowest BCUT2D eigenvalue weighted by molar-refractivity contribution is -0.171. The highest BCUT2D eigenvalue weighted by atomic mass is 19.3. The molecule has 1 saturated carbocycles. The van der Waals surface area contributed by atoms with E-state index in [-0.39, 0.29) is 12.8 Å². The fraction of sp³-hybridized carbons (Fsp3) is 0.833. The van der Waals surface area contributed by atoms with E-state index in [9.17, 15) is 22.4 Å². The summed E-state index contributed by atoms with van der Waals surface area (Å²) in [5.41, 5.74) is -1.44. The van der Waals surface area contributed by atoms with Crippen LogP contribution in [0.15, 0.2) is 0 Å². The van der Waals surface area contributed by atoms with Crippen molar-refractivity contribution in [2.24, 2.45) is 5.92 Å². The molecular weight excluding hydrogens is 264 g/mol. The van der Waals surface area contributed by atoms with Crippen molar-refractivity contribution in [3.8, 4) is 6.07 Å². The van der Waals surface area contributed by atoms with E-state index in [4.69, 9.17) is 5.26 Å². The van der Waals surface area contributed by atoms with Gasteiger partial charge in [-0.15, -0.1) is 0 Å². The molecule has 7 heteroatoms. The molecule has 1 fully saturated rings. The molecule has 0 spiro atoms. The standard InChI is InChI=1S/C12H16F4N2O/c1-2-8-3-5-11(7-17,6-4-8)18-10(19)12(15,16)9(13)14/h8-9H,2-6H2,1H3,(H,18,19). The number of alkyl halides is 4. The minimum atomic E-state index is -4.76. The average Bonchev–Trinajstić information content (AvgIpc) is 2.39. The van der Waals surface area contributed by atoms with E-state index in [1.165, 1.54) is 0 Å². The van der Waals surface area contributed by atoms with Crippen molar-refractivity contribution in [3.05, 3.63) is 0 Å². The second-order valence-electron chi connectivity index (χ2n) is 4.92. The van der Waals surface area contributed by atoms with Crippen LogP contribution in [0, 0.1) is 17.2 Å². The molecule has 1 N–H and O–H groups in total. The minimum absolute atomic E-state index is 0.215. The van der Waals surface area contributed by atoms with Crippen LogP contribution >= 0.6 is 0 Å². The quantitative estimate of drug-likeness (QED) is 0.805. The molecular formula is C12H16F4N2O. The lowest BCUT2D eigenvalue weighted by Gasteiger charge is -2.36. The van der Waals surface area contributed by atoms with Crippen LogP contribution in [0.4, 0.5) is 17.6 Å². The van der Waals surface area contributed by atoms with Gasteiger partial charge >= 0.3 is 12.3 Å². The Labute approximate surface area is 109 Å². The third kappa shape index (κ3) is 3.37. The van der Waals surface area contributed by atoms with Gasteiger partial charge in [0, 0.05) is 0 Å². The molecule has 0 aromatic heterocycles. The molecule has 0 saturated heterocycles. The van der Waals surface area contributed by atoms with Crippen molar-refractivity contribution in [1.29, 1.82) is 5.26 Å². The third-order valence-electron chi connectivity index (χ3n) is 3.68. The Morgan fingerprint density at radius 1 is 1.47 bits per heavy atom. The van der Waals surface area contributed by atoms with E-state index in [1.54, 1.807) is 6.07 Å². The number of hydrogen-bond donors (Lipinski definition) is 1. The largest absolute Gasteiger partial charge is 0.383 e. The van der Waals surface area contributed by atoms with Gasteiger partial charge in [-0.1, -0.05) is 13.3 Å². The van der Waals surface area contributed by atoms with Crippen LogP contribution in [0.2, 0.25) is 0 Å². The lowest BCUT2D eigenvalue weighted by Crippen LogP contribution is -2.56. The summed E-state index contributed by atoms with van der Waals surface area (Å²) >= 11 is 0.